The first kappa shape index (κ1) is 18.9. The second-order valence-corrected chi connectivity index (χ2v) is 7.43. The van der Waals surface area contributed by atoms with Crippen LogP contribution in [0.15, 0.2) is 29.5 Å². The molecule has 2 atom stereocenters. The highest BCUT2D eigenvalue weighted by Gasteiger charge is 2.62. The Morgan fingerprint density at radius 2 is 1.72 bits per heavy atom. The number of Topliss-reactive ketones (excluding diaryl/α,β-unsaturated/α-hetero) is 3. The molecule has 2 aromatic carbocycles. The van der Waals surface area contributed by atoms with Gasteiger partial charge in [-0.05, 0) is 30.0 Å². The van der Waals surface area contributed by atoms with Gasteiger partial charge in [0.2, 0.25) is 5.78 Å². The highest BCUT2D eigenvalue weighted by Crippen LogP contribution is 2.50. The lowest BCUT2D eigenvalue weighted by molar-refractivity contribution is -0.344. The summed E-state index contributed by atoms with van der Waals surface area (Å²) in [4.78, 5) is 37.1. The van der Waals surface area contributed by atoms with E-state index in [-0.39, 0.29) is 22.1 Å². The van der Waals surface area contributed by atoms with Crippen LogP contribution >= 0.6 is 0 Å². The molecule has 29 heavy (non-hydrogen) atoms. The molecular weight excluding hydrogens is 384 g/mol. The van der Waals surface area contributed by atoms with E-state index in [0.717, 1.165) is 13.0 Å². The average Bonchev–Trinajstić information content (AvgIpc) is 2.57. The lowest BCUT2D eigenvalue weighted by Gasteiger charge is -2.52. The maximum absolute atomic E-state index is 13.1. The molecule has 0 saturated carbocycles. The lowest BCUT2D eigenvalue weighted by Crippen LogP contribution is -2.69. The number of ketones is 3. The molecule has 0 aliphatic heterocycles. The number of carbonyl (C=O) groups excluding carboxylic acids is 3. The van der Waals surface area contributed by atoms with Gasteiger partial charge < -0.3 is 30.6 Å². The minimum absolute atomic E-state index is 0.00375. The van der Waals surface area contributed by atoms with E-state index >= 15 is 0 Å². The molecule has 0 bridgehead atoms. The predicted molar refractivity (Wildman–Crippen MR) is 94.2 cm³/mol. The summed E-state index contributed by atoms with van der Waals surface area (Å²) in [5.41, 5.74) is -7.09. The van der Waals surface area contributed by atoms with Crippen molar-refractivity contribution in [3.05, 3.63) is 40.7 Å². The second-order valence-electron chi connectivity index (χ2n) is 7.43. The first-order valence-electron chi connectivity index (χ1n) is 8.58. The summed E-state index contributed by atoms with van der Waals surface area (Å²) in [6, 6.07) is 3.42. The fraction of sp³-hybridized carbons (Fsp3) is 0.250. The molecule has 9 heteroatoms. The van der Waals surface area contributed by atoms with Crippen molar-refractivity contribution in [1.29, 1.82) is 0 Å². The Morgan fingerprint density at radius 3 is 2.34 bits per heavy atom. The van der Waals surface area contributed by atoms with Gasteiger partial charge in [-0.25, -0.2) is 0 Å². The molecule has 0 fully saturated rings. The molecule has 0 spiro atoms. The molecule has 0 aromatic heterocycles. The Hall–Kier alpha value is -3.43. The Labute approximate surface area is 162 Å². The molecule has 150 valence electrons. The number of rotatable bonds is 1. The smallest absolute Gasteiger partial charge is 0.204 e. The van der Waals surface area contributed by atoms with E-state index in [9.17, 15) is 45.0 Å². The van der Waals surface area contributed by atoms with Gasteiger partial charge in [-0.3, -0.25) is 14.4 Å². The number of phenolic OH excluding ortho intramolecular Hbond substituents is 3. The third kappa shape index (κ3) is 2.19. The van der Waals surface area contributed by atoms with Crippen molar-refractivity contribution in [2.24, 2.45) is 0 Å². The van der Waals surface area contributed by atoms with Crippen LogP contribution in [-0.2, 0) is 16.0 Å². The molecule has 9 nitrogen and oxygen atoms in total. The maximum atomic E-state index is 13.1. The van der Waals surface area contributed by atoms with Gasteiger partial charge in [0.05, 0.1) is 16.5 Å². The molecule has 0 heterocycles. The summed E-state index contributed by atoms with van der Waals surface area (Å²) in [6.45, 7) is 0.926. The molecule has 4 rings (SSSR count). The van der Waals surface area contributed by atoms with Crippen LogP contribution in [0, 0.1) is 0 Å². The Morgan fingerprint density at radius 1 is 1.07 bits per heavy atom. The number of hydrogen-bond donors (Lipinski definition) is 5. The molecule has 0 saturated heterocycles. The Kier molecular flexibility index (Phi) is 3.62. The fourth-order valence-corrected chi connectivity index (χ4v) is 4.29. The van der Waals surface area contributed by atoms with E-state index in [1.165, 1.54) is 12.1 Å². The summed E-state index contributed by atoms with van der Waals surface area (Å²) < 4.78 is 0. The summed E-state index contributed by atoms with van der Waals surface area (Å²) in [6.07, 6.45) is -1.41. The van der Waals surface area contributed by atoms with Crippen LogP contribution in [0.25, 0.3) is 10.8 Å². The summed E-state index contributed by atoms with van der Waals surface area (Å²) >= 11 is 0. The van der Waals surface area contributed by atoms with Crippen LogP contribution in [0.4, 0.5) is 0 Å². The quantitative estimate of drug-likeness (QED) is 0.389. The van der Waals surface area contributed by atoms with E-state index in [2.05, 4.69) is 0 Å². The van der Waals surface area contributed by atoms with Crippen LogP contribution in [0.2, 0.25) is 0 Å². The number of phenols is 3. The first-order chi connectivity index (χ1) is 13.4. The lowest BCUT2D eigenvalue weighted by atomic mass is 9.61. The van der Waals surface area contributed by atoms with Crippen molar-refractivity contribution in [3.8, 4) is 17.2 Å². The molecular formula is C20H15O9-. The average molecular weight is 399 g/mol. The van der Waals surface area contributed by atoms with Crippen LogP contribution in [0.1, 0.15) is 29.3 Å². The monoisotopic (exact) mass is 399 g/mol. The van der Waals surface area contributed by atoms with Crippen molar-refractivity contribution in [3.63, 3.8) is 0 Å². The van der Waals surface area contributed by atoms with Crippen molar-refractivity contribution >= 4 is 28.1 Å². The molecule has 0 amide bonds. The number of allylic oxidation sites excluding steroid dienone is 1. The van der Waals surface area contributed by atoms with Crippen molar-refractivity contribution in [1.82, 2.24) is 0 Å². The zero-order chi connectivity index (χ0) is 21.5. The molecule has 2 aromatic rings. The highest BCUT2D eigenvalue weighted by atomic mass is 16.4. The number of fused-ring (bicyclic) bond motifs is 3. The van der Waals surface area contributed by atoms with Gasteiger partial charge in [0.15, 0.2) is 17.2 Å². The minimum atomic E-state index is -3.15. The van der Waals surface area contributed by atoms with Gasteiger partial charge in [-0.2, -0.15) is 0 Å². The second kappa shape index (κ2) is 5.56. The number of aromatic hydroxyl groups is 3. The predicted octanol–water partition coefficient (Wildman–Crippen LogP) is -0.666. The van der Waals surface area contributed by atoms with E-state index in [1.807, 2.05) is 0 Å². The zero-order valence-electron chi connectivity index (χ0n) is 15.0. The van der Waals surface area contributed by atoms with Crippen molar-refractivity contribution in [2.45, 2.75) is 31.0 Å². The summed E-state index contributed by atoms with van der Waals surface area (Å²) in [5.74, 6) is -6.49. The molecule has 2 unspecified atom stereocenters. The number of hydrogen-bond acceptors (Lipinski definition) is 9. The summed E-state index contributed by atoms with van der Waals surface area (Å²) in [7, 11) is 0. The van der Waals surface area contributed by atoms with Crippen molar-refractivity contribution < 1.29 is 45.0 Å². The van der Waals surface area contributed by atoms with E-state index in [0.29, 0.717) is 0 Å². The summed E-state index contributed by atoms with van der Waals surface area (Å²) in [5, 5.41) is 65.0. The van der Waals surface area contributed by atoms with Gasteiger partial charge in [0.25, 0.3) is 0 Å². The van der Waals surface area contributed by atoms with E-state index < -0.39 is 69.8 Å². The fourth-order valence-electron chi connectivity index (χ4n) is 4.29. The van der Waals surface area contributed by atoms with Crippen LogP contribution < -0.4 is 5.11 Å². The van der Waals surface area contributed by atoms with E-state index in [4.69, 9.17) is 0 Å². The minimum Gasteiger partial charge on any atom is -0.873 e. The third-order valence-corrected chi connectivity index (χ3v) is 5.61. The zero-order valence-corrected chi connectivity index (χ0v) is 15.0. The molecule has 2 aliphatic carbocycles. The van der Waals surface area contributed by atoms with Crippen molar-refractivity contribution in [2.75, 3.05) is 0 Å². The first-order valence-corrected chi connectivity index (χ1v) is 8.58. The van der Waals surface area contributed by atoms with Crippen LogP contribution in [0.5, 0.6) is 17.2 Å². The molecule has 5 N–H and O–H groups in total. The number of aliphatic hydroxyl groups is 2. The SMILES string of the molecule is CC(=O)C1=C([O-])C2(O)C(=O)c3c(cc4cc(O)cc(O)c4c3O)CC2(O)CC1=O. The Balaban J connectivity index is 2.08. The van der Waals surface area contributed by atoms with Gasteiger partial charge in [0, 0.05) is 18.9 Å². The Bertz CT molecular complexity index is 1190. The van der Waals surface area contributed by atoms with Gasteiger partial charge in [-0.15, -0.1) is 0 Å². The maximum Gasteiger partial charge on any atom is 0.204 e. The van der Waals surface area contributed by atoms with Gasteiger partial charge >= 0.3 is 0 Å². The van der Waals surface area contributed by atoms with Crippen LogP contribution in [0.3, 0.4) is 0 Å². The van der Waals surface area contributed by atoms with Gasteiger partial charge in [-0.1, -0.05) is 5.76 Å². The molecule has 2 aliphatic rings. The highest BCUT2D eigenvalue weighted by molar-refractivity contribution is 6.24. The van der Waals surface area contributed by atoms with Gasteiger partial charge in [0.1, 0.15) is 22.8 Å². The van der Waals surface area contributed by atoms with Crippen LogP contribution in [-0.4, -0.2) is 54.1 Å². The topological polar surface area (TPSA) is 175 Å². The third-order valence-electron chi connectivity index (χ3n) is 5.61. The largest absolute Gasteiger partial charge is 0.873 e. The standard InChI is InChI=1S/C20H16O9/c1-7(21)13-12(24)6-19(28)5-9-2-8-3-10(22)4-11(23)14(8)16(25)15(9)18(27)20(19,29)17(13)26/h2-4,22-23,25-26,28-29H,5-6H2,1H3/p-1. The number of benzene rings is 2. The molecule has 0 radical (unpaired) electrons. The normalized spacial score (nSPS) is 26.4. The number of carbonyl (C=O) groups is 3. The van der Waals surface area contributed by atoms with E-state index in [1.54, 1.807) is 0 Å².